The Bertz CT molecular complexity index is 1140. The fourth-order valence-corrected chi connectivity index (χ4v) is 5.15. The van der Waals surface area contributed by atoms with Gasteiger partial charge in [0.25, 0.3) is 0 Å². The summed E-state index contributed by atoms with van der Waals surface area (Å²) < 4.78 is 54.8. The Morgan fingerprint density at radius 2 is 1.71 bits per heavy atom. The van der Waals surface area contributed by atoms with Crippen LogP contribution in [0.2, 0.25) is 0 Å². The van der Waals surface area contributed by atoms with Gasteiger partial charge in [0.2, 0.25) is 12.1 Å². The number of benzene rings is 2. The monoisotopic (exact) mass is 482 g/mol. The number of hydrogen-bond donors (Lipinski definition) is 1. The molecule has 35 heavy (non-hydrogen) atoms. The standard InChI is InChI=1S/C29H29F3O3/c1-2-17-3-5-19(6-4-17)23-13-14-25(28(32)27(23)31)35-29(33)20-9-7-18(8-10-20)22-12-11-21(15-24(22)30)26-16-34-26/h2,7-10,12-15,17,19,21,26,29,33H,1,3-6,11,16H2. The van der Waals surface area contributed by atoms with Gasteiger partial charge in [0.15, 0.2) is 11.6 Å². The van der Waals surface area contributed by atoms with Crippen LogP contribution in [0.4, 0.5) is 13.2 Å². The molecule has 5 rings (SSSR count). The highest BCUT2D eigenvalue weighted by molar-refractivity contribution is 5.78. The van der Waals surface area contributed by atoms with Crippen LogP contribution >= 0.6 is 0 Å². The van der Waals surface area contributed by atoms with E-state index in [-0.39, 0.29) is 29.5 Å². The summed E-state index contributed by atoms with van der Waals surface area (Å²) in [4.78, 5) is 0. The maximum Gasteiger partial charge on any atom is 0.224 e. The zero-order chi connectivity index (χ0) is 24.5. The Kier molecular flexibility index (Phi) is 6.85. The third-order valence-corrected chi connectivity index (χ3v) is 7.42. The van der Waals surface area contributed by atoms with Gasteiger partial charge in [0, 0.05) is 17.1 Å². The summed E-state index contributed by atoms with van der Waals surface area (Å²) in [7, 11) is 0. The molecule has 1 aliphatic heterocycles. The van der Waals surface area contributed by atoms with E-state index in [4.69, 9.17) is 9.47 Å². The molecule has 0 aromatic heterocycles. The molecular weight excluding hydrogens is 453 g/mol. The van der Waals surface area contributed by atoms with Gasteiger partial charge in [-0.25, -0.2) is 8.78 Å². The van der Waals surface area contributed by atoms with E-state index in [1.165, 1.54) is 6.07 Å². The maximum atomic E-state index is 14.8. The highest BCUT2D eigenvalue weighted by Gasteiger charge is 2.33. The minimum Gasteiger partial charge on any atom is -0.458 e. The number of aliphatic hydroxyl groups excluding tert-OH is 1. The van der Waals surface area contributed by atoms with Gasteiger partial charge in [-0.15, -0.1) is 6.58 Å². The summed E-state index contributed by atoms with van der Waals surface area (Å²) in [6.45, 7) is 4.49. The van der Waals surface area contributed by atoms with Crippen molar-refractivity contribution >= 4 is 5.57 Å². The van der Waals surface area contributed by atoms with E-state index < -0.39 is 17.9 Å². The quantitative estimate of drug-likeness (QED) is 0.259. The van der Waals surface area contributed by atoms with Crippen LogP contribution < -0.4 is 4.74 Å². The molecule has 0 bridgehead atoms. The number of aliphatic hydroxyl groups is 1. The molecule has 3 unspecified atom stereocenters. The second-order valence-electron chi connectivity index (χ2n) is 9.62. The molecule has 2 aromatic carbocycles. The van der Waals surface area contributed by atoms with Gasteiger partial charge in [0.05, 0.1) is 12.7 Å². The molecule has 3 nitrogen and oxygen atoms in total. The topological polar surface area (TPSA) is 42.0 Å². The average Bonchev–Trinajstić information content (AvgIpc) is 3.73. The first-order chi connectivity index (χ1) is 16.9. The third kappa shape index (κ3) is 5.09. The highest BCUT2D eigenvalue weighted by atomic mass is 19.2. The van der Waals surface area contributed by atoms with Crippen LogP contribution in [0.5, 0.6) is 5.75 Å². The van der Waals surface area contributed by atoms with E-state index in [9.17, 15) is 18.3 Å². The zero-order valence-electron chi connectivity index (χ0n) is 19.4. The van der Waals surface area contributed by atoms with Gasteiger partial charge in [-0.05, 0) is 67.2 Å². The number of ether oxygens (including phenoxy) is 2. The van der Waals surface area contributed by atoms with Crippen molar-refractivity contribution < 1.29 is 27.8 Å². The molecule has 0 spiro atoms. The molecule has 1 saturated carbocycles. The average molecular weight is 483 g/mol. The van der Waals surface area contributed by atoms with Gasteiger partial charge in [0.1, 0.15) is 5.83 Å². The molecule has 6 heteroatoms. The molecular formula is C29H29F3O3. The minimum absolute atomic E-state index is 0.0390. The lowest BCUT2D eigenvalue weighted by Crippen LogP contribution is -2.14. The summed E-state index contributed by atoms with van der Waals surface area (Å²) in [5.74, 6) is -2.21. The molecule has 0 radical (unpaired) electrons. The van der Waals surface area contributed by atoms with E-state index in [0.29, 0.717) is 41.2 Å². The molecule has 2 aliphatic carbocycles. The minimum atomic E-state index is -1.50. The van der Waals surface area contributed by atoms with Crippen LogP contribution in [0.1, 0.15) is 61.0 Å². The first-order valence-electron chi connectivity index (χ1n) is 12.2. The van der Waals surface area contributed by atoms with Crippen molar-refractivity contribution in [2.24, 2.45) is 11.8 Å². The van der Waals surface area contributed by atoms with Gasteiger partial charge >= 0.3 is 0 Å². The van der Waals surface area contributed by atoms with Crippen molar-refractivity contribution in [1.29, 1.82) is 0 Å². The van der Waals surface area contributed by atoms with Crippen molar-refractivity contribution in [3.8, 4) is 5.75 Å². The highest BCUT2D eigenvalue weighted by Crippen LogP contribution is 2.40. The lowest BCUT2D eigenvalue weighted by atomic mass is 9.78. The predicted molar refractivity (Wildman–Crippen MR) is 128 cm³/mol. The summed E-state index contributed by atoms with van der Waals surface area (Å²) >= 11 is 0. The van der Waals surface area contributed by atoms with Crippen molar-refractivity contribution in [1.82, 2.24) is 0 Å². The van der Waals surface area contributed by atoms with Crippen molar-refractivity contribution in [2.75, 3.05) is 6.61 Å². The lowest BCUT2D eigenvalue weighted by molar-refractivity contribution is -0.0225. The van der Waals surface area contributed by atoms with Crippen LogP contribution in [0.3, 0.4) is 0 Å². The fourth-order valence-electron chi connectivity index (χ4n) is 5.15. The molecule has 2 aromatic rings. The number of hydrogen-bond acceptors (Lipinski definition) is 3. The zero-order valence-corrected chi connectivity index (χ0v) is 19.4. The summed E-state index contributed by atoms with van der Waals surface area (Å²) in [6, 6.07) is 9.45. The molecule has 0 amide bonds. The smallest absolute Gasteiger partial charge is 0.224 e. The number of allylic oxidation sites excluding steroid dienone is 4. The van der Waals surface area contributed by atoms with Gasteiger partial charge < -0.3 is 14.6 Å². The second kappa shape index (κ2) is 10.0. The SMILES string of the molecule is C=CC1CCC(c2ccc(OC(O)c3ccc(C4=CCC(C5CO5)C=C4F)cc3)c(F)c2F)CC1. The second-order valence-corrected chi connectivity index (χ2v) is 9.62. The Labute approximate surface area is 203 Å². The van der Waals surface area contributed by atoms with Crippen LogP contribution in [-0.4, -0.2) is 17.8 Å². The molecule has 3 atom stereocenters. The van der Waals surface area contributed by atoms with Gasteiger partial charge in [-0.3, -0.25) is 0 Å². The van der Waals surface area contributed by atoms with E-state index in [2.05, 4.69) is 6.58 Å². The lowest BCUT2D eigenvalue weighted by Gasteiger charge is -2.27. The Morgan fingerprint density at radius 1 is 1.00 bits per heavy atom. The van der Waals surface area contributed by atoms with Gasteiger partial charge in [-0.1, -0.05) is 42.5 Å². The number of halogens is 3. The van der Waals surface area contributed by atoms with E-state index in [1.54, 1.807) is 36.4 Å². The molecule has 1 heterocycles. The number of rotatable bonds is 7. The molecule has 1 saturated heterocycles. The van der Waals surface area contributed by atoms with Crippen LogP contribution in [0.25, 0.3) is 5.57 Å². The summed E-state index contributed by atoms with van der Waals surface area (Å²) in [6.07, 6.45) is 8.09. The Morgan fingerprint density at radius 3 is 2.34 bits per heavy atom. The Hall–Kier alpha value is -2.83. The van der Waals surface area contributed by atoms with Crippen molar-refractivity contribution in [2.45, 2.75) is 50.4 Å². The molecule has 184 valence electrons. The molecule has 2 fully saturated rings. The maximum absolute atomic E-state index is 14.8. The number of epoxide rings is 1. The van der Waals surface area contributed by atoms with E-state index >= 15 is 0 Å². The van der Waals surface area contributed by atoms with E-state index in [1.807, 2.05) is 12.2 Å². The molecule has 3 aliphatic rings. The van der Waals surface area contributed by atoms with Crippen molar-refractivity contribution in [3.05, 3.63) is 95.4 Å². The summed E-state index contributed by atoms with van der Waals surface area (Å²) in [5.41, 5.74) is 1.86. The largest absolute Gasteiger partial charge is 0.458 e. The summed E-state index contributed by atoms with van der Waals surface area (Å²) in [5, 5.41) is 10.5. The van der Waals surface area contributed by atoms with Crippen molar-refractivity contribution in [3.63, 3.8) is 0 Å². The predicted octanol–water partition coefficient (Wildman–Crippen LogP) is 7.15. The molecule has 1 N–H and O–H groups in total. The van der Waals surface area contributed by atoms with Gasteiger partial charge in [-0.2, -0.15) is 4.39 Å². The fraction of sp³-hybridized carbons (Fsp3) is 0.379. The van der Waals surface area contributed by atoms with Crippen LogP contribution in [-0.2, 0) is 4.74 Å². The Balaban J connectivity index is 1.25. The third-order valence-electron chi connectivity index (χ3n) is 7.42. The first-order valence-corrected chi connectivity index (χ1v) is 12.2. The van der Waals surface area contributed by atoms with E-state index in [0.717, 1.165) is 25.7 Å². The first kappa shape index (κ1) is 23.9. The normalized spacial score (nSPS) is 27.0. The van der Waals surface area contributed by atoms with Crippen LogP contribution in [0.15, 0.2) is 67.0 Å². The van der Waals surface area contributed by atoms with Crippen LogP contribution in [0, 0.1) is 23.5 Å².